The minimum absolute atomic E-state index is 0.870. The summed E-state index contributed by atoms with van der Waals surface area (Å²) in [4.78, 5) is 17.2. The summed E-state index contributed by atoms with van der Waals surface area (Å²) in [5.74, 6) is 0.870. The molecule has 0 rings (SSSR count). The van der Waals surface area contributed by atoms with E-state index in [-0.39, 0.29) is 0 Å². The van der Waals surface area contributed by atoms with Gasteiger partial charge in [-0.3, -0.25) is 4.57 Å². The van der Waals surface area contributed by atoms with Gasteiger partial charge < -0.3 is 9.79 Å². The molecule has 0 bridgehead atoms. The van der Waals surface area contributed by atoms with Crippen molar-refractivity contribution in [1.82, 2.24) is 0 Å². The van der Waals surface area contributed by atoms with Crippen molar-refractivity contribution in [3.05, 3.63) is 72.7 Å². The van der Waals surface area contributed by atoms with Crippen LogP contribution in [0.2, 0.25) is 0 Å². The number of hydrogen-bond donors (Lipinski definition) is 2. The molecule has 0 saturated heterocycles. The minimum atomic E-state index is -4.04. The van der Waals surface area contributed by atoms with E-state index in [1.165, 1.54) is 51.0 Å². The van der Waals surface area contributed by atoms with Gasteiger partial charge in [-0.2, -0.15) is 0 Å². The molecule has 0 aliphatic carbocycles. The van der Waals surface area contributed by atoms with Crippen LogP contribution in [0.5, 0.6) is 0 Å². The zero-order valence-corrected chi connectivity index (χ0v) is 16.2. The Hall–Kier alpha value is -1.41. The smallest absolute Gasteiger partial charge is 0.321 e. The maximum atomic E-state index is 10.5. The van der Waals surface area contributed by atoms with Gasteiger partial charge in [0, 0.05) is 5.82 Å². The summed E-state index contributed by atoms with van der Waals surface area (Å²) in [6, 6.07) is 0. The van der Waals surface area contributed by atoms with Crippen LogP contribution in [0.3, 0.4) is 0 Å². The molecule has 4 heteroatoms. The van der Waals surface area contributed by atoms with Gasteiger partial charge in [0.2, 0.25) is 0 Å². The van der Waals surface area contributed by atoms with E-state index in [4.69, 9.17) is 9.79 Å². The van der Waals surface area contributed by atoms with E-state index >= 15 is 0 Å². The standard InChI is InChI=1S/C21H33O3P/c1-2-3-4-5-6-7-8-9-10-11-12-13-14-15-16-17-18-19-20-21-25(22,23)24/h10-21H,2-9H2,1H3,(H2,22,23,24). The first-order valence-corrected chi connectivity index (χ1v) is 10.8. The van der Waals surface area contributed by atoms with E-state index in [0.29, 0.717) is 0 Å². The van der Waals surface area contributed by atoms with Crippen molar-refractivity contribution in [2.45, 2.75) is 58.3 Å². The first kappa shape index (κ1) is 23.6. The summed E-state index contributed by atoms with van der Waals surface area (Å²) in [5.41, 5.74) is 0. The maximum Gasteiger partial charge on any atom is 0.349 e. The van der Waals surface area contributed by atoms with Crippen LogP contribution in [0.1, 0.15) is 58.3 Å². The van der Waals surface area contributed by atoms with Crippen molar-refractivity contribution in [2.75, 3.05) is 0 Å². The fourth-order valence-electron chi connectivity index (χ4n) is 2.07. The Morgan fingerprint density at radius 2 is 1.08 bits per heavy atom. The van der Waals surface area contributed by atoms with Crippen LogP contribution >= 0.6 is 7.60 Å². The lowest BCUT2D eigenvalue weighted by molar-refractivity contribution is 0.386. The van der Waals surface area contributed by atoms with Gasteiger partial charge in [-0.1, -0.05) is 112 Å². The summed E-state index contributed by atoms with van der Waals surface area (Å²) in [6.07, 6.45) is 31.0. The highest BCUT2D eigenvalue weighted by Gasteiger charge is 2.03. The molecule has 0 aliphatic rings. The molecule has 3 nitrogen and oxygen atoms in total. The van der Waals surface area contributed by atoms with E-state index in [0.717, 1.165) is 12.2 Å². The summed E-state index contributed by atoms with van der Waals surface area (Å²) in [7, 11) is -4.04. The predicted octanol–water partition coefficient (Wildman–Crippen LogP) is 6.60. The molecular formula is C21H33O3P. The lowest BCUT2D eigenvalue weighted by atomic mass is 10.1. The first-order chi connectivity index (χ1) is 12.1. The molecule has 2 N–H and O–H groups in total. The van der Waals surface area contributed by atoms with E-state index in [9.17, 15) is 4.57 Å². The molecule has 0 aromatic carbocycles. The number of unbranched alkanes of at least 4 members (excludes halogenated alkanes) is 7. The van der Waals surface area contributed by atoms with Crippen molar-refractivity contribution in [2.24, 2.45) is 0 Å². The van der Waals surface area contributed by atoms with E-state index in [1.54, 1.807) is 18.2 Å². The van der Waals surface area contributed by atoms with Crippen molar-refractivity contribution in [3.8, 4) is 0 Å². The Morgan fingerprint density at radius 1 is 0.640 bits per heavy atom. The summed E-state index contributed by atoms with van der Waals surface area (Å²) in [6.45, 7) is 2.25. The van der Waals surface area contributed by atoms with Crippen LogP contribution in [0, 0.1) is 0 Å². The van der Waals surface area contributed by atoms with Crippen LogP contribution in [-0.4, -0.2) is 9.79 Å². The molecule has 0 aromatic heterocycles. The highest BCUT2D eigenvalue weighted by molar-refractivity contribution is 7.55. The van der Waals surface area contributed by atoms with E-state index < -0.39 is 7.60 Å². The number of allylic oxidation sites excluding steroid dienone is 11. The van der Waals surface area contributed by atoms with Crippen LogP contribution in [0.4, 0.5) is 0 Å². The Morgan fingerprint density at radius 3 is 1.60 bits per heavy atom. The zero-order chi connectivity index (χ0) is 18.6. The molecule has 25 heavy (non-hydrogen) atoms. The molecule has 0 heterocycles. The highest BCUT2D eigenvalue weighted by atomic mass is 31.2. The highest BCUT2D eigenvalue weighted by Crippen LogP contribution is 2.35. The van der Waals surface area contributed by atoms with Gasteiger partial charge in [-0.25, -0.2) is 0 Å². The van der Waals surface area contributed by atoms with Gasteiger partial charge in [0.1, 0.15) is 0 Å². The molecule has 0 aliphatic heterocycles. The monoisotopic (exact) mass is 364 g/mol. The van der Waals surface area contributed by atoms with Crippen LogP contribution in [0.15, 0.2) is 72.7 Å². The fourth-order valence-corrected chi connectivity index (χ4v) is 2.39. The Labute approximate surface area is 153 Å². The second kappa shape index (κ2) is 17.4. The van der Waals surface area contributed by atoms with Gasteiger partial charge in [0.05, 0.1) is 0 Å². The van der Waals surface area contributed by atoms with Gasteiger partial charge >= 0.3 is 7.60 Å². The maximum absolute atomic E-state index is 10.5. The first-order valence-electron chi connectivity index (χ1n) is 9.12. The van der Waals surface area contributed by atoms with Crippen LogP contribution in [-0.2, 0) is 4.57 Å². The third kappa shape index (κ3) is 22.6. The lowest BCUT2D eigenvalue weighted by Gasteiger charge is -1.98. The molecule has 0 unspecified atom stereocenters. The fraction of sp³-hybridized carbons (Fsp3) is 0.429. The molecule has 140 valence electrons. The topological polar surface area (TPSA) is 57.5 Å². The van der Waals surface area contributed by atoms with Crippen LogP contribution < -0.4 is 0 Å². The summed E-state index contributed by atoms with van der Waals surface area (Å²) >= 11 is 0. The molecule has 0 amide bonds. The number of rotatable bonds is 14. The third-order valence-electron chi connectivity index (χ3n) is 3.39. The van der Waals surface area contributed by atoms with Gasteiger partial charge in [-0.05, 0) is 12.8 Å². The molecule has 0 fully saturated rings. The number of hydrogen-bond acceptors (Lipinski definition) is 1. The zero-order valence-electron chi connectivity index (χ0n) is 15.3. The molecule has 0 atom stereocenters. The quantitative estimate of drug-likeness (QED) is 0.207. The average Bonchev–Trinajstić information content (AvgIpc) is 2.56. The largest absolute Gasteiger partial charge is 0.349 e. The van der Waals surface area contributed by atoms with Crippen molar-refractivity contribution >= 4 is 7.60 Å². The SMILES string of the molecule is CCCCCCCCCC=CC=CC=CC=CC=CC=CP(=O)(O)O. The van der Waals surface area contributed by atoms with Crippen LogP contribution in [0.25, 0.3) is 0 Å². The summed E-state index contributed by atoms with van der Waals surface area (Å²) in [5, 5.41) is 0. The second-order valence-electron chi connectivity index (χ2n) is 5.81. The van der Waals surface area contributed by atoms with E-state index in [2.05, 4.69) is 19.1 Å². The molecule has 0 aromatic rings. The average molecular weight is 364 g/mol. The third-order valence-corrected chi connectivity index (χ3v) is 3.95. The Kier molecular flexibility index (Phi) is 16.4. The van der Waals surface area contributed by atoms with Crippen molar-refractivity contribution < 1.29 is 14.4 Å². The van der Waals surface area contributed by atoms with Gasteiger partial charge in [0.15, 0.2) is 0 Å². The second-order valence-corrected chi connectivity index (χ2v) is 7.28. The normalized spacial score (nSPS) is 13.9. The molecule has 0 spiro atoms. The Bertz CT molecular complexity index is 519. The van der Waals surface area contributed by atoms with Crippen molar-refractivity contribution in [3.63, 3.8) is 0 Å². The lowest BCUT2D eigenvalue weighted by Crippen LogP contribution is -1.78. The van der Waals surface area contributed by atoms with Gasteiger partial charge in [-0.15, -0.1) is 0 Å². The predicted molar refractivity (Wildman–Crippen MR) is 109 cm³/mol. The molecule has 0 radical (unpaired) electrons. The van der Waals surface area contributed by atoms with Crippen molar-refractivity contribution in [1.29, 1.82) is 0 Å². The minimum Gasteiger partial charge on any atom is -0.321 e. The molecule has 0 saturated carbocycles. The molecular weight excluding hydrogens is 331 g/mol. The van der Waals surface area contributed by atoms with Gasteiger partial charge in [0.25, 0.3) is 0 Å². The van der Waals surface area contributed by atoms with E-state index in [1.807, 2.05) is 30.4 Å². The Balaban J connectivity index is 3.65. The summed E-state index contributed by atoms with van der Waals surface area (Å²) < 4.78 is 10.5.